The second kappa shape index (κ2) is 3.55. The van der Waals surface area contributed by atoms with Gasteiger partial charge in [0.25, 0.3) is 0 Å². The van der Waals surface area contributed by atoms with Gasteiger partial charge in [0.05, 0.1) is 4.70 Å². The average molecular weight is 210 g/mol. The average Bonchev–Trinajstić information content (AvgIpc) is 2.55. The molecule has 1 heterocycles. The van der Waals surface area contributed by atoms with Crippen molar-refractivity contribution < 1.29 is 9.52 Å². The zero-order valence-corrected chi connectivity index (χ0v) is 8.50. The van der Waals surface area contributed by atoms with Gasteiger partial charge in [-0.25, -0.2) is 4.79 Å². The van der Waals surface area contributed by atoms with E-state index in [1.807, 2.05) is 19.1 Å². The minimum Gasteiger partial charge on any atom is -0.414 e. The van der Waals surface area contributed by atoms with Gasteiger partial charge >= 0.3 is 4.94 Å². The molecule has 1 unspecified atom stereocenters. The first-order valence-corrected chi connectivity index (χ1v) is 5.17. The highest BCUT2D eigenvalue weighted by Gasteiger charge is 2.07. The van der Waals surface area contributed by atoms with Crippen molar-refractivity contribution >= 4 is 21.6 Å². The van der Waals surface area contributed by atoms with Gasteiger partial charge in [-0.05, 0) is 17.7 Å². The SMILES string of the molecule is CC(CO)c1ccc2oc(=O)sc2c1. The van der Waals surface area contributed by atoms with Crippen LogP contribution in [0.1, 0.15) is 18.4 Å². The van der Waals surface area contributed by atoms with Crippen LogP contribution in [0, 0.1) is 0 Å². The van der Waals surface area contributed by atoms with Gasteiger partial charge in [0.2, 0.25) is 0 Å². The van der Waals surface area contributed by atoms with Crippen LogP contribution in [0.15, 0.2) is 27.4 Å². The van der Waals surface area contributed by atoms with Crippen molar-refractivity contribution in [3.05, 3.63) is 33.5 Å². The molecule has 0 spiro atoms. The van der Waals surface area contributed by atoms with Crippen LogP contribution in [0.2, 0.25) is 0 Å². The van der Waals surface area contributed by atoms with Crippen molar-refractivity contribution in [2.75, 3.05) is 6.61 Å². The summed E-state index contributed by atoms with van der Waals surface area (Å²) in [6.07, 6.45) is 0. The standard InChI is InChI=1S/C10H10O3S/c1-6(5-11)7-2-3-8-9(4-7)14-10(12)13-8/h2-4,6,11H,5H2,1H3. The monoisotopic (exact) mass is 210 g/mol. The van der Waals surface area contributed by atoms with E-state index in [-0.39, 0.29) is 17.5 Å². The Morgan fingerprint density at radius 1 is 1.57 bits per heavy atom. The van der Waals surface area contributed by atoms with E-state index in [0.717, 1.165) is 21.6 Å². The Hall–Kier alpha value is -1.13. The maximum atomic E-state index is 10.9. The zero-order chi connectivity index (χ0) is 10.1. The molecule has 0 saturated heterocycles. The molecule has 2 aromatic rings. The lowest BCUT2D eigenvalue weighted by Gasteiger charge is -2.06. The molecule has 2 rings (SSSR count). The molecule has 0 amide bonds. The Morgan fingerprint density at radius 3 is 3.07 bits per heavy atom. The van der Waals surface area contributed by atoms with E-state index in [4.69, 9.17) is 9.52 Å². The first-order chi connectivity index (χ1) is 6.70. The van der Waals surface area contributed by atoms with Crippen LogP contribution >= 0.6 is 11.3 Å². The van der Waals surface area contributed by atoms with E-state index in [2.05, 4.69) is 0 Å². The van der Waals surface area contributed by atoms with Gasteiger partial charge in [-0.2, -0.15) is 0 Å². The Morgan fingerprint density at radius 2 is 2.36 bits per heavy atom. The van der Waals surface area contributed by atoms with Crippen LogP contribution in [0.25, 0.3) is 10.3 Å². The number of hydrogen-bond acceptors (Lipinski definition) is 4. The molecule has 1 aromatic heterocycles. The molecule has 74 valence electrons. The van der Waals surface area contributed by atoms with E-state index < -0.39 is 0 Å². The largest absolute Gasteiger partial charge is 0.414 e. The second-order valence-corrected chi connectivity index (χ2v) is 4.22. The highest BCUT2D eigenvalue weighted by atomic mass is 32.1. The van der Waals surface area contributed by atoms with Crippen LogP contribution in [0.5, 0.6) is 0 Å². The lowest BCUT2D eigenvalue weighted by molar-refractivity contribution is 0.273. The third-order valence-electron chi connectivity index (χ3n) is 2.20. The van der Waals surface area contributed by atoms with Crippen molar-refractivity contribution in [1.82, 2.24) is 0 Å². The molecule has 1 N–H and O–H groups in total. The van der Waals surface area contributed by atoms with E-state index in [9.17, 15) is 4.79 Å². The quantitative estimate of drug-likeness (QED) is 0.824. The highest BCUT2D eigenvalue weighted by Crippen LogP contribution is 2.22. The molecule has 4 heteroatoms. The molecular weight excluding hydrogens is 200 g/mol. The fourth-order valence-corrected chi connectivity index (χ4v) is 2.02. The molecule has 0 aliphatic rings. The van der Waals surface area contributed by atoms with Gasteiger partial charge in [0, 0.05) is 12.5 Å². The normalized spacial score (nSPS) is 13.3. The lowest BCUT2D eigenvalue weighted by Crippen LogP contribution is -1.97. The Labute approximate surface area is 84.6 Å². The van der Waals surface area contributed by atoms with Crippen LogP contribution in [-0.4, -0.2) is 11.7 Å². The summed E-state index contributed by atoms with van der Waals surface area (Å²) in [6, 6.07) is 5.54. The van der Waals surface area contributed by atoms with Crippen molar-refractivity contribution in [3.63, 3.8) is 0 Å². The molecule has 1 atom stereocenters. The number of hydrogen-bond donors (Lipinski definition) is 1. The number of aliphatic hydroxyl groups is 1. The van der Waals surface area contributed by atoms with Gasteiger partial charge in [0.15, 0.2) is 0 Å². The van der Waals surface area contributed by atoms with E-state index in [1.54, 1.807) is 6.07 Å². The molecular formula is C10H10O3S. The Balaban J connectivity index is 2.55. The third-order valence-corrected chi connectivity index (χ3v) is 2.99. The summed E-state index contributed by atoms with van der Waals surface area (Å²) in [6.45, 7) is 2.04. The van der Waals surface area contributed by atoms with Gasteiger partial charge in [-0.15, -0.1) is 0 Å². The molecule has 0 radical (unpaired) electrons. The van der Waals surface area contributed by atoms with E-state index in [0.29, 0.717) is 5.58 Å². The first-order valence-electron chi connectivity index (χ1n) is 4.35. The minimum atomic E-state index is -0.284. The minimum absolute atomic E-state index is 0.0941. The number of rotatable bonds is 2. The van der Waals surface area contributed by atoms with Crippen LogP contribution < -0.4 is 4.94 Å². The second-order valence-electron chi connectivity index (χ2n) is 3.24. The van der Waals surface area contributed by atoms with Crippen LogP contribution in [0.4, 0.5) is 0 Å². The molecule has 0 fully saturated rings. The first kappa shape index (κ1) is 9.43. The number of fused-ring (bicyclic) bond motifs is 1. The Kier molecular flexibility index (Phi) is 2.39. The zero-order valence-electron chi connectivity index (χ0n) is 7.69. The fourth-order valence-electron chi connectivity index (χ4n) is 1.30. The lowest BCUT2D eigenvalue weighted by atomic mass is 10.0. The predicted molar refractivity (Wildman–Crippen MR) is 55.9 cm³/mol. The van der Waals surface area contributed by atoms with Crippen LogP contribution in [-0.2, 0) is 0 Å². The van der Waals surface area contributed by atoms with Crippen molar-refractivity contribution in [2.24, 2.45) is 0 Å². The van der Waals surface area contributed by atoms with Crippen molar-refractivity contribution in [2.45, 2.75) is 12.8 Å². The summed E-state index contributed by atoms with van der Waals surface area (Å²) in [5.41, 5.74) is 1.64. The fraction of sp³-hybridized carbons (Fsp3) is 0.300. The Bertz CT molecular complexity index is 497. The summed E-state index contributed by atoms with van der Waals surface area (Å²) in [7, 11) is 0. The highest BCUT2D eigenvalue weighted by molar-refractivity contribution is 7.16. The number of benzene rings is 1. The smallest absolute Gasteiger partial charge is 0.396 e. The molecule has 0 saturated carbocycles. The van der Waals surface area contributed by atoms with Crippen molar-refractivity contribution in [1.29, 1.82) is 0 Å². The van der Waals surface area contributed by atoms with Gasteiger partial charge in [-0.1, -0.05) is 24.3 Å². The van der Waals surface area contributed by atoms with Gasteiger partial charge < -0.3 is 9.52 Å². The third kappa shape index (κ3) is 1.58. The predicted octanol–water partition coefficient (Wildman–Crippen LogP) is 1.95. The molecule has 0 bridgehead atoms. The maximum absolute atomic E-state index is 10.9. The summed E-state index contributed by atoms with van der Waals surface area (Å²) >= 11 is 1.09. The van der Waals surface area contributed by atoms with E-state index in [1.165, 1.54) is 0 Å². The van der Waals surface area contributed by atoms with Gasteiger partial charge in [-0.3, -0.25) is 0 Å². The van der Waals surface area contributed by atoms with Crippen LogP contribution in [0.3, 0.4) is 0 Å². The molecule has 14 heavy (non-hydrogen) atoms. The van der Waals surface area contributed by atoms with Crippen molar-refractivity contribution in [3.8, 4) is 0 Å². The summed E-state index contributed by atoms with van der Waals surface area (Å²) < 4.78 is 5.78. The molecule has 1 aromatic carbocycles. The van der Waals surface area contributed by atoms with E-state index >= 15 is 0 Å². The van der Waals surface area contributed by atoms with Gasteiger partial charge in [0.1, 0.15) is 5.58 Å². The molecule has 0 aliphatic carbocycles. The summed E-state index contributed by atoms with van der Waals surface area (Å²) in [5.74, 6) is 0.0941. The molecule has 3 nitrogen and oxygen atoms in total. The summed E-state index contributed by atoms with van der Waals surface area (Å²) in [5, 5.41) is 8.98. The topological polar surface area (TPSA) is 50.4 Å². The number of aliphatic hydroxyl groups excluding tert-OH is 1. The maximum Gasteiger partial charge on any atom is 0.396 e. The summed E-state index contributed by atoms with van der Waals surface area (Å²) in [4.78, 5) is 10.7. The molecule has 0 aliphatic heterocycles.